The van der Waals surface area contributed by atoms with Crippen molar-refractivity contribution in [3.05, 3.63) is 0 Å². The van der Waals surface area contributed by atoms with E-state index in [2.05, 4.69) is 0 Å². The van der Waals surface area contributed by atoms with Crippen molar-refractivity contribution in [3.63, 3.8) is 0 Å². The van der Waals surface area contributed by atoms with E-state index in [1.54, 1.807) is 11.8 Å². The summed E-state index contributed by atoms with van der Waals surface area (Å²) in [6.07, 6.45) is 0. The van der Waals surface area contributed by atoms with E-state index >= 15 is 0 Å². The average Bonchev–Trinajstić information content (AvgIpc) is 1.82. The minimum Gasteiger partial charge on any atom is -0.368 e. The van der Waals surface area contributed by atoms with Crippen LogP contribution in [-0.2, 0) is 4.79 Å². The highest BCUT2D eigenvalue weighted by Gasteiger charge is 2.41. The fourth-order valence-electron chi connectivity index (χ4n) is 1.46. The minimum absolute atomic E-state index is 0. The van der Waals surface area contributed by atoms with Crippen molar-refractivity contribution in [1.82, 2.24) is 5.06 Å². The van der Waals surface area contributed by atoms with E-state index in [1.807, 2.05) is 13.8 Å². The fraction of sp³-hybridized carbons (Fsp3) is 0.857. The molecular formula is C7H15ClN2O2S. The Bertz CT molecular complexity index is 201. The van der Waals surface area contributed by atoms with Crippen LogP contribution in [0.25, 0.3) is 0 Å². The lowest BCUT2D eigenvalue weighted by atomic mass is 10.0. The number of amides is 1. The highest BCUT2D eigenvalue weighted by atomic mass is 35.5. The van der Waals surface area contributed by atoms with Gasteiger partial charge in [0, 0.05) is 17.0 Å². The van der Waals surface area contributed by atoms with E-state index in [0.717, 1.165) is 10.8 Å². The zero-order valence-corrected chi connectivity index (χ0v) is 9.32. The molecule has 4 nitrogen and oxygen atoms in total. The lowest BCUT2D eigenvalue weighted by Crippen LogP contribution is -2.57. The maximum absolute atomic E-state index is 11.0. The molecule has 6 heteroatoms. The molecule has 0 aliphatic carbocycles. The third kappa shape index (κ3) is 2.74. The van der Waals surface area contributed by atoms with Crippen LogP contribution in [0.1, 0.15) is 13.8 Å². The molecule has 0 aromatic carbocycles. The summed E-state index contributed by atoms with van der Waals surface area (Å²) < 4.78 is -0.293. The summed E-state index contributed by atoms with van der Waals surface area (Å²) in [4.78, 5) is 11.0. The minimum atomic E-state index is -0.573. The molecule has 1 aliphatic rings. The van der Waals surface area contributed by atoms with Crippen LogP contribution in [0, 0.1) is 0 Å². The lowest BCUT2D eigenvalue weighted by molar-refractivity contribution is -0.156. The summed E-state index contributed by atoms with van der Waals surface area (Å²) in [7, 11) is 0. The standard InChI is InChI=1S/C7H14N2O2S.ClH/c1-7(2)5(6(8)10)9(11)3-4-12-7;/h5,11H,3-4H2,1-2H3,(H2,8,10);1H. The molecule has 3 N–H and O–H groups in total. The fourth-order valence-corrected chi connectivity index (χ4v) is 2.66. The molecule has 1 atom stereocenters. The quantitative estimate of drug-likeness (QED) is 0.683. The van der Waals surface area contributed by atoms with Gasteiger partial charge >= 0.3 is 0 Å². The highest BCUT2D eigenvalue weighted by Crippen LogP contribution is 2.34. The van der Waals surface area contributed by atoms with Crippen molar-refractivity contribution < 1.29 is 10.0 Å². The van der Waals surface area contributed by atoms with Crippen LogP contribution in [0.2, 0.25) is 0 Å². The van der Waals surface area contributed by atoms with Gasteiger partial charge in [0.25, 0.3) is 0 Å². The number of carbonyl (C=O) groups excluding carboxylic acids is 1. The van der Waals surface area contributed by atoms with Crippen LogP contribution in [0.5, 0.6) is 0 Å². The van der Waals surface area contributed by atoms with Gasteiger partial charge in [-0.1, -0.05) is 0 Å². The molecule has 1 saturated heterocycles. The van der Waals surface area contributed by atoms with E-state index in [9.17, 15) is 10.0 Å². The Morgan fingerprint density at radius 3 is 2.54 bits per heavy atom. The predicted octanol–water partition coefficient (Wildman–Crippen LogP) is 0.479. The smallest absolute Gasteiger partial charge is 0.238 e. The second-order valence-corrected chi connectivity index (χ2v) is 5.17. The van der Waals surface area contributed by atoms with Gasteiger partial charge in [-0.05, 0) is 13.8 Å². The Balaban J connectivity index is 0.00000144. The number of hydroxylamine groups is 2. The van der Waals surface area contributed by atoms with Crippen LogP contribution in [0.3, 0.4) is 0 Å². The molecule has 0 saturated carbocycles. The van der Waals surface area contributed by atoms with Crippen molar-refractivity contribution in [3.8, 4) is 0 Å². The molecule has 0 aromatic rings. The molecule has 0 spiro atoms. The molecule has 1 unspecified atom stereocenters. The summed E-state index contributed by atoms with van der Waals surface area (Å²) in [5, 5.41) is 10.4. The van der Waals surface area contributed by atoms with Gasteiger partial charge in [0.15, 0.2) is 0 Å². The zero-order chi connectivity index (χ0) is 9.35. The van der Waals surface area contributed by atoms with Gasteiger partial charge < -0.3 is 10.9 Å². The Kier molecular flexibility index (Phi) is 4.51. The van der Waals surface area contributed by atoms with Gasteiger partial charge in [0.2, 0.25) is 5.91 Å². The molecule has 78 valence electrons. The van der Waals surface area contributed by atoms with Crippen molar-refractivity contribution in [2.75, 3.05) is 12.3 Å². The third-order valence-corrected chi connectivity index (χ3v) is 3.37. The van der Waals surface area contributed by atoms with Gasteiger partial charge in [-0.3, -0.25) is 4.79 Å². The summed E-state index contributed by atoms with van der Waals surface area (Å²) in [5.74, 6) is 0.363. The van der Waals surface area contributed by atoms with E-state index in [0.29, 0.717) is 6.54 Å². The zero-order valence-electron chi connectivity index (χ0n) is 7.69. The first-order valence-electron chi connectivity index (χ1n) is 3.84. The SMILES string of the molecule is CC1(C)SCCN(O)C1C(N)=O.Cl. The Labute approximate surface area is 88.2 Å². The van der Waals surface area contributed by atoms with Crippen LogP contribution >= 0.6 is 24.2 Å². The monoisotopic (exact) mass is 226 g/mol. The molecule has 1 aliphatic heterocycles. The van der Waals surface area contributed by atoms with Crippen molar-refractivity contribution in [1.29, 1.82) is 0 Å². The maximum atomic E-state index is 11.0. The molecule has 1 fully saturated rings. The largest absolute Gasteiger partial charge is 0.368 e. The highest BCUT2D eigenvalue weighted by molar-refractivity contribution is 8.00. The topological polar surface area (TPSA) is 66.6 Å². The number of rotatable bonds is 1. The van der Waals surface area contributed by atoms with Crippen molar-refractivity contribution in [2.24, 2.45) is 5.73 Å². The van der Waals surface area contributed by atoms with Gasteiger partial charge in [0.05, 0.1) is 0 Å². The Morgan fingerprint density at radius 1 is 1.69 bits per heavy atom. The summed E-state index contributed by atoms with van der Waals surface area (Å²) in [5.41, 5.74) is 5.18. The number of thioether (sulfide) groups is 1. The molecule has 0 bridgehead atoms. The molecule has 0 aromatic heterocycles. The van der Waals surface area contributed by atoms with E-state index in [-0.39, 0.29) is 17.2 Å². The Hall–Kier alpha value is 0.0300. The lowest BCUT2D eigenvalue weighted by Gasteiger charge is -2.40. The van der Waals surface area contributed by atoms with E-state index in [4.69, 9.17) is 5.73 Å². The average molecular weight is 227 g/mol. The van der Waals surface area contributed by atoms with Gasteiger partial charge in [-0.25, -0.2) is 0 Å². The Morgan fingerprint density at radius 2 is 2.23 bits per heavy atom. The van der Waals surface area contributed by atoms with E-state index in [1.165, 1.54) is 0 Å². The molecule has 1 amide bonds. The number of hydrogen-bond acceptors (Lipinski definition) is 4. The van der Waals surface area contributed by atoms with Gasteiger partial charge in [-0.15, -0.1) is 12.4 Å². The third-order valence-electron chi connectivity index (χ3n) is 2.02. The number of hydrogen-bond donors (Lipinski definition) is 2. The van der Waals surface area contributed by atoms with Crippen molar-refractivity contribution in [2.45, 2.75) is 24.6 Å². The summed E-state index contributed by atoms with van der Waals surface area (Å²) in [6.45, 7) is 4.33. The summed E-state index contributed by atoms with van der Waals surface area (Å²) in [6, 6.07) is -0.573. The van der Waals surface area contributed by atoms with Crippen LogP contribution in [0.4, 0.5) is 0 Å². The predicted molar refractivity (Wildman–Crippen MR) is 55.3 cm³/mol. The first kappa shape index (κ1) is 13.0. The molecule has 0 radical (unpaired) electrons. The number of primary amides is 1. The normalized spacial score (nSPS) is 27.8. The second kappa shape index (κ2) is 4.50. The molecule has 1 rings (SSSR count). The number of carbonyl (C=O) groups is 1. The van der Waals surface area contributed by atoms with Crippen molar-refractivity contribution >= 4 is 30.1 Å². The number of nitrogens with zero attached hydrogens (tertiary/aromatic N) is 1. The van der Waals surface area contributed by atoms with E-state index < -0.39 is 11.9 Å². The molecule has 13 heavy (non-hydrogen) atoms. The van der Waals surface area contributed by atoms with Crippen LogP contribution < -0.4 is 5.73 Å². The van der Waals surface area contributed by atoms with Gasteiger partial charge in [0.1, 0.15) is 6.04 Å². The van der Waals surface area contributed by atoms with Gasteiger partial charge in [-0.2, -0.15) is 16.8 Å². The maximum Gasteiger partial charge on any atom is 0.238 e. The number of nitrogens with two attached hydrogens (primary N) is 1. The first-order valence-corrected chi connectivity index (χ1v) is 4.82. The first-order chi connectivity index (χ1) is 5.45. The molecule has 1 heterocycles. The number of halogens is 1. The summed E-state index contributed by atoms with van der Waals surface area (Å²) >= 11 is 1.66. The molecular weight excluding hydrogens is 212 g/mol. The van der Waals surface area contributed by atoms with Crippen LogP contribution in [-0.4, -0.2) is 39.3 Å². The second-order valence-electron chi connectivity index (χ2n) is 3.42. The van der Waals surface area contributed by atoms with Crippen LogP contribution in [0.15, 0.2) is 0 Å².